The van der Waals surface area contributed by atoms with Crippen molar-refractivity contribution >= 4 is 28.8 Å². The summed E-state index contributed by atoms with van der Waals surface area (Å²) in [7, 11) is 0. The highest BCUT2D eigenvalue weighted by molar-refractivity contribution is 7.99. The minimum atomic E-state index is -0.133. The molecule has 0 saturated carbocycles. The van der Waals surface area contributed by atoms with Gasteiger partial charge in [0.05, 0.1) is 18.0 Å². The predicted molar refractivity (Wildman–Crippen MR) is 98.3 cm³/mol. The Morgan fingerprint density at radius 3 is 3.08 bits per heavy atom. The molecule has 0 atom stereocenters. The van der Waals surface area contributed by atoms with Crippen molar-refractivity contribution in [1.29, 1.82) is 0 Å². The van der Waals surface area contributed by atoms with Gasteiger partial charge in [-0.15, -0.1) is 0 Å². The number of rotatable bonds is 6. The average molecular weight is 370 g/mol. The Kier molecular flexibility index (Phi) is 4.75. The number of para-hydroxylation sites is 2. The van der Waals surface area contributed by atoms with Crippen LogP contribution in [0.4, 0.5) is 0 Å². The molecule has 8 heteroatoms. The van der Waals surface area contributed by atoms with Gasteiger partial charge in [-0.1, -0.05) is 23.9 Å². The van der Waals surface area contributed by atoms with Crippen LogP contribution in [0.1, 0.15) is 17.7 Å². The van der Waals surface area contributed by atoms with Crippen LogP contribution < -0.4 is 10.9 Å². The van der Waals surface area contributed by atoms with Gasteiger partial charge < -0.3 is 9.73 Å². The number of fused-ring (bicyclic) bond motifs is 2. The average Bonchev–Trinajstić information content (AvgIpc) is 3.25. The third-order valence-electron chi connectivity index (χ3n) is 4.27. The number of nitrogens with one attached hydrogen (secondary N) is 1. The van der Waals surface area contributed by atoms with Gasteiger partial charge in [0.1, 0.15) is 5.52 Å². The molecule has 0 saturated heterocycles. The minimum Gasteiger partial charge on any atom is -0.431 e. The van der Waals surface area contributed by atoms with E-state index < -0.39 is 0 Å². The lowest BCUT2D eigenvalue weighted by molar-refractivity contribution is -0.118. The van der Waals surface area contributed by atoms with E-state index in [2.05, 4.69) is 15.4 Å². The number of oxazole rings is 1. The van der Waals surface area contributed by atoms with E-state index in [9.17, 15) is 9.59 Å². The Morgan fingerprint density at radius 1 is 1.31 bits per heavy atom. The van der Waals surface area contributed by atoms with Gasteiger partial charge in [0.2, 0.25) is 5.91 Å². The maximum absolute atomic E-state index is 12.0. The Labute approximate surface area is 153 Å². The first-order chi connectivity index (χ1) is 12.7. The number of aromatic nitrogens is 3. The molecular weight excluding hydrogens is 352 g/mol. The fourth-order valence-electron chi connectivity index (χ4n) is 2.99. The number of amides is 1. The summed E-state index contributed by atoms with van der Waals surface area (Å²) < 4.78 is 7.00. The molecule has 1 N–H and O–H groups in total. The van der Waals surface area contributed by atoms with Crippen molar-refractivity contribution < 1.29 is 9.21 Å². The molecule has 1 aliphatic carbocycles. The standard InChI is InChI=1S/C18H18N4O3S/c23-16(11-26-18-20-14-5-1-2-7-15(14)25-18)19-8-9-22-17(24)10-12-4-3-6-13(12)21-22/h1-2,5,7,10H,3-4,6,8-9,11H2,(H,19,23). The SMILES string of the molecule is O=C(CSc1nc2ccccc2o1)NCCn1nc2c(cc1=O)CCC2. The summed E-state index contributed by atoms with van der Waals surface area (Å²) >= 11 is 1.25. The predicted octanol–water partition coefficient (Wildman–Crippen LogP) is 1.78. The van der Waals surface area contributed by atoms with Crippen molar-refractivity contribution in [2.45, 2.75) is 31.0 Å². The van der Waals surface area contributed by atoms with E-state index in [0.717, 1.165) is 36.0 Å². The van der Waals surface area contributed by atoms with Crippen molar-refractivity contribution in [3.8, 4) is 0 Å². The second-order valence-electron chi connectivity index (χ2n) is 6.12. The van der Waals surface area contributed by atoms with E-state index in [1.165, 1.54) is 16.4 Å². The molecule has 1 aliphatic rings. The molecule has 0 bridgehead atoms. The normalized spacial score (nSPS) is 13.1. The molecule has 0 aliphatic heterocycles. The minimum absolute atomic E-state index is 0.110. The maximum atomic E-state index is 12.0. The molecule has 2 aromatic heterocycles. The number of carbonyl (C=O) groups is 1. The zero-order valence-corrected chi connectivity index (χ0v) is 14.9. The highest BCUT2D eigenvalue weighted by Gasteiger charge is 2.14. The topological polar surface area (TPSA) is 90.0 Å². The largest absolute Gasteiger partial charge is 0.431 e. The van der Waals surface area contributed by atoms with Crippen molar-refractivity contribution in [3.05, 3.63) is 51.9 Å². The molecular formula is C18H18N4O3S. The third-order valence-corrected chi connectivity index (χ3v) is 5.10. The number of hydrogen-bond acceptors (Lipinski definition) is 6. The molecule has 0 radical (unpaired) electrons. The Balaban J connectivity index is 1.27. The number of benzene rings is 1. The number of aryl methyl sites for hydroxylation is 2. The number of carbonyl (C=O) groups excluding carboxylic acids is 1. The molecule has 1 amide bonds. The smallest absolute Gasteiger partial charge is 0.267 e. The lowest BCUT2D eigenvalue weighted by atomic mass is 10.2. The zero-order valence-electron chi connectivity index (χ0n) is 14.1. The summed E-state index contributed by atoms with van der Waals surface area (Å²) in [6, 6.07) is 9.14. The van der Waals surface area contributed by atoms with Crippen LogP contribution in [0.3, 0.4) is 0 Å². The van der Waals surface area contributed by atoms with Crippen LogP contribution in [0, 0.1) is 0 Å². The number of thioether (sulfide) groups is 1. The summed E-state index contributed by atoms with van der Waals surface area (Å²) in [5.74, 6) is 0.0748. The van der Waals surface area contributed by atoms with E-state index in [4.69, 9.17) is 4.42 Å². The first kappa shape index (κ1) is 16.8. The summed E-state index contributed by atoms with van der Waals surface area (Å²) in [4.78, 5) is 28.3. The van der Waals surface area contributed by atoms with Gasteiger partial charge in [-0.25, -0.2) is 9.67 Å². The number of nitrogens with zero attached hydrogens (tertiary/aromatic N) is 3. The van der Waals surface area contributed by atoms with Crippen molar-refractivity contribution in [2.75, 3.05) is 12.3 Å². The van der Waals surface area contributed by atoms with Crippen LogP contribution in [0.2, 0.25) is 0 Å². The summed E-state index contributed by atoms with van der Waals surface area (Å²) in [6.45, 7) is 0.726. The second-order valence-corrected chi connectivity index (χ2v) is 7.04. The first-order valence-corrected chi connectivity index (χ1v) is 9.52. The fraction of sp³-hybridized carbons (Fsp3) is 0.333. The molecule has 7 nitrogen and oxygen atoms in total. The van der Waals surface area contributed by atoms with E-state index in [1.807, 2.05) is 24.3 Å². The molecule has 4 rings (SSSR count). The Bertz CT molecular complexity index is 978. The monoisotopic (exact) mass is 370 g/mol. The van der Waals surface area contributed by atoms with Gasteiger partial charge in [-0.05, 0) is 37.0 Å². The lowest BCUT2D eigenvalue weighted by Gasteiger charge is -2.08. The Hall–Kier alpha value is -2.61. The van der Waals surface area contributed by atoms with E-state index in [-0.39, 0.29) is 17.2 Å². The van der Waals surface area contributed by atoms with Gasteiger partial charge in [0, 0.05) is 12.6 Å². The van der Waals surface area contributed by atoms with E-state index in [0.29, 0.717) is 23.9 Å². The van der Waals surface area contributed by atoms with Crippen LogP contribution in [0.25, 0.3) is 11.1 Å². The van der Waals surface area contributed by atoms with Gasteiger partial charge in [-0.2, -0.15) is 5.10 Å². The van der Waals surface area contributed by atoms with Crippen molar-refractivity contribution in [1.82, 2.24) is 20.1 Å². The lowest BCUT2D eigenvalue weighted by Crippen LogP contribution is -2.33. The molecule has 0 spiro atoms. The van der Waals surface area contributed by atoms with E-state index in [1.54, 1.807) is 6.07 Å². The zero-order chi connectivity index (χ0) is 17.9. The molecule has 134 valence electrons. The maximum Gasteiger partial charge on any atom is 0.267 e. The molecule has 0 unspecified atom stereocenters. The molecule has 2 heterocycles. The van der Waals surface area contributed by atoms with Crippen molar-refractivity contribution in [2.24, 2.45) is 0 Å². The summed E-state index contributed by atoms with van der Waals surface area (Å²) in [6.07, 6.45) is 2.90. The van der Waals surface area contributed by atoms with Crippen LogP contribution in [-0.4, -0.2) is 33.0 Å². The second kappa shape index (κ2) is 7.33. The first-order valence-electron chi connectivity index (χ1n) is 8.54. The summed E-state index contributed by atoms with van der Waals surface area (Å²) in [5, 5.41) is 7.66. The van der Waals surface area contributed by atoms with Gasteiger partial charge in [-0.3, -0.25) is 9.59 Å². The van der Waals surface area contributed by atoms with E-state index >= 15 is 0 Å². The molecule has 26 heavy (non-hydrogen) atoms. The quantitative estimate of drug-likeness (QED) is 0.665. The van der Waals surface area contributed by atoms with Crippen LogP contribution >= 0.6 is 11.8 Å². The Morgan fingerprint density at radius 2 is 2.19 bits per heavy atom. The fourth-order valence-corrected chi connectivity index (χ4v) is 3.66. The molecule has 0 fully saturated rings. The van der Waals surface area contributed by atoms with Gasteiger partial charge >= 0.3 is 0 Å². The molecule has 3 aromatic rings. The molecule has 1 aromatic carbocycles. The highest BCUT2D eigenvalue weighted by atomic mass is 32.2. The number of hydrogen-bond donors (Lipinski definition) is 1. The van der Waals surface area contributed by atoms with Crippen LogP contribution in [0.15, 0.2) is 44.8 Å². The van der Waals surface area contributed by atoms with Crippen LogP contribution in [0.5, 0.6) is 0 Å². The van der Waals surface area contributed by atoms with Crippen LogP contribution in [-0.2, 0) is 24.2 Å². The third kappa shape index (κ3) is 3.65. The van der Waals surface area contributed by atoms with Gasteiger partial charge in [0.25, 0.3) is 10.8 Å². The van der Waals surface area contributed by atoms with Gasteiger partial charge in [0.15, 0.2) is 5.58 Å². The van der Waals surface area contributed by atoms with Crippen molar-refractivity contribution in [3.63, 3.8) is 0 Å². The summed E-state index contributed by atoms with van der Waals surface area (Å²) in [5.41, 5.74) is 3.43. The highest BCUT2D eigenvalue weighted by Crippen LogP contribution is 2.22.